The quantitative estimate of drug-likeness (QED) is 0.771. The van der Waals surface area contributed by atoms with Crippen LogP contribution >= 0.6 is 0 Å². The summed E-state index contributed by atoms with van der Waals surface area (Å²) < 4.78 is 5.94. The van der Waals surface area contributed by atoms with Crippen LogP contribution in [0.15, 0.2) is 0 Å². The monoisotopic (exact) mass is 266 g/mol. The van der Waals surface area contributed by atoms with Gasteiger partial charge in [-0.3, -0.25) is 14.6 Å². The van der Waals surface area contributed by atoms with Crippen LogP contribution in [0.5, 0.6) is 0 Å². The summed E-state index contributed by atoms with van der Waals surface area (Å²) in [6, 6.07) is 1.00. The first kappa shape index (κ1) is 13.5. The van der Waals surface area contributed by atoms with Crippen molar-refractivity contribution in [3.8, 4) is 0 Å². The summed E-state index contributed by atoms with van der Waals surface area (Å²) in [5, 5.41) is 0. The van der Waals surface area contributed by atoms with Gasteiger partial charge >= 0.3 is 0 Å². The SMILES string of the molecule is CCN1CCOC(CN2C3CCCC2CC(=O)C3)C1. The molecule has 0 radical (unpaired) electrons. The summed E-state index contributed by atoms with van der Waals surface area (Å²) in [7, 11) is 0. The van der Waals surface area contributed by atoms with Crippen molar-refractivity contribution < 1.29 is 9.53 Å². The van der Waals surface area contributed by atoms with Crippen LogP contribution in [0.2, 0.25) is 0 Å². The summed E-state index contributed by atoms with van der Waals surface area (Å²) in [5.41, 5.74) is 0. The number of nitrogens with zero attached hydrogens (tertiary/aromatic N) is 2. The average Bonchev–Trinajstić information content (AvgIpc) is 2.40. The first-order valence-electron chi connectivity index (χ1n) is 7.87. The lowest BCUT2D eigenvalue weighted by molar-refractivity contribution is -0.129. The van der Waals surface area contributed by atoms with Gasteiger partial charge in [0.1, 0.15) is 5.78 Å². The lowest BCUT2D eigenvalue weighted by atomic mass is 9.83. The van der Waals surface area contributed by atoms with Crippen molar-refractivity contribution in [3.63, 3.8) is 0 Å². The maximum atomic E-state index is 11.7. The average molecular weight is 266 g/mol. The number of hydrogen-bond acceptors (Lipinski definition) is 4. The summed E-state index contributed by atoms with van der Waals surface area (Å²) in [4.78, 5) is 16.8. The normalized spacial score (nSPS) is 37.5. The van der Waals surface area contributed by atoms with Crippen molar-refractivity contribution in [1.82, 2.24) is 9.80 Å². The fourth-order valence-electron chi connectivity index (χ4n) is 3.98. The van der Waals surface area contributed by atoms with Gasteiger partial charge in [-0.1, -0.05) is 13.3 Å². The van der Waals surface area contributed by atoms with Crippen LogP contribution in [0.3, 0.4) is 0 Å². The third-order valence-corrected chi connectivity index (χ3v) is 5.02. The van der Waals surface area contributed by atoms with E-state index in [0.29, 0.717) is 24.0 Å². The summed E-state index contributed by atoms with van der Waals surface area (Å²) in [5.74, 6) is 0.477. The minimum atomic E-state index is 0.338. The van der Waals surface area contributed by atoms with Crippen LogP contribution in [0.4, 0.5) is 0 Å². The fraction of sp³-hybridized carbons (Fsp3) is 0.933. The molecule has 3 saturated heterocycles. The Morgan fingerprint density at radius 3 is 2.68 bits per heavy atom. The van der Waals surface area contributed by atoms with Gasteiger partial charge < -0.3 is 4.74 Å². The van der Waals surface area contributed by atoms with Crippen molar-refractivity contribution in [1.29, 1.82) is 0 Å². The molecule has 3 rings (SSSR count). The van der Waals surface area contributed by atoms with Gasteiger partial charge in [-0.15, -0.1) is 0 Å². The van der Waals surface area contributed by atoms with Crippen LogP contribution in [0.1, 0.15) is 39.0 Å². The second-order valence-electron chi connectivity index (χ2n) is 6.27. The van der Waals surface area contributed by atoms with Crippen LogP contribution in [-0.2, 0) is 9.53 Å². The van der Waals surface area contributed by atoms with E-state index >= 15 is 0 Å². The molecule has 3 aliphatic rings. The molecule has 3 heterocycles. The molecule has 0 saturated carbocycles. The zero-order valence-electron chi connectivity index (χ0n) is 12.0. The molecule has 3 aliphatic heterocycles. The molecule has 0 aromatic carbocycles. The Morgan fingerprint density at radius 1 is 1.26 bits per heavy atom. The number of Topliss-reactive ketones (excluding diaryl/α,β-unsaturated/α-hetero) is 1. The van der Waals surface area contributed by atoms with E-state index in [0.717, 1.165) is 45.6 Å². The first-order valence-corrected chi connectivity index (χ1v) is 7.87. The van der Waals surface area contributed by atoms with Gasteiger partial charge in [0.2, 0.25) is 0 Å². The number of fused-ring (bicyclic) bond motifs is 2. The summed E-state index contributed by atoms with van der Waals surface area (Å²) in [6.07, 6.45) is 5.59. The number of carbonyl (C=O) groups excluding carboxylic acids is 1. The highest BCUT2D eigenvalue weighted by molar-refractivity contribution is 5.80. The molecule has 0 spiro atoms. The maximum Gasteiger partial charge on any atom is 0.136 e. The Balaban J connectivity index is 1.61. The van der Waals surface area contributed by atoms with Crippen molar-refractivity contribution in [2.75, 3.05) is 32.8 Å². The highest BCUT2D eigenvalue weighted by Gasteiger charge is 2.38. The number of likely N-dealkylation sites (N-methyl/N-ethyl adjacent to an activating group) is 1. The largest absolute Gasteiger partial charge is 0.374 e. The van der Waals surface area contributed by atoms with Gasteiger partial charge in [-0.05, 0) is 19.4 Å². The molecule has 4 heteroatoms. The van der Waals surface area contributed by atoms with E-state index in [1.807, 2.05) is 0 Å². The molecule has 0 aromatic heterocycles. The van der Waals surface area contributed by atoms with Crippen molar-refractivity contribution in [3.05, 3.63) is 0 Å². The second-order valence-corrected chi connectivity index (χ2v) is 6.27. The molecule has 4 nitrogen and oxygen atoms in total. The van der Waals surface area contributed by atoms with Gasteiger partial charge in [0.05, 0.1) is 12.7 Å². The number of hydrogen-bond donors (Lipinski definition) is 0. The number of morpholine rings is 1. The number of ketones is 1. The number of carbonyl (C=O) groups is 1. The van der Waals surface area contributed by atoms with Crippen LogP contribution < -0.4 is 0 Å². The van der Waals surface area contributed by atoms with Gasteiger partial charge in [0.15, 0.2) is 0 Å². The van der Waals surface area contributed by atoms with E-state index in [4.69, 9.17) is 4.74 Å². The molecular weight excluding hydrogens is 240 g/mol. The van der Waals surface area contributed by atoms with Crippen molar-refractivity contribution in [2.45, 2.75) is 57.2 Å². The molecule has 0 aromatic rings. The third-order valence-electron chi connectivity index (χ3n) is 5.02. The lowest BCUT2D eigenvalue weighted by Crippen LogP contribution is -2.57. The Bertz CT molecular complexity index is 318. The van der Waals surface area contributed by atoms with Gasteiger partial charge in [-0.25, -0.2) is 0 Å². The molecular formula is C15H26N2O2. The van der Waals surface area contributed by atoms with Gasteiger partial charge in [0, 0.05) is 44.6 Å². The second kappa shape index (κ2) is 5.90. The zero-order chi connectivity index (χ0) is 13.2. The topological polar surface area (TPSA) is 32.8 Å². The van der Waals surface area contributed by atoms with Gasteiger partial charge in [-0.2, -0.15) is 0 Å². The number of rotatable bonds is 3. The highest BCUT2D eigenvalue weighted by Crippen LogP contribution is 2.32. The predicted molar refractivity (Wildman–Crippen MR) is 74.2 cm³/mol. The molecule has 3 unspecified atom stereocenters. The van der Waals surface area contributed by atoms with E-state index in [9.17, 15) is 4.79 Å². The van der Waals surface area contributed by atoms with Crippen LogP contribution in [0, 0.1) is 0 Å². The molecule has 19 heavy (non-hydrogen) atoms. The minimum Gasteiger partial charge on any atom is -0.374 e. The maximum absolute atomic E-state index is 11.7. The van der Waals surface area contributed by atoms with Crippen LogP contribution in [-0.4, -0.2) is 66.6 Å². The number of piperidine rings is 2. The zero-order valence-corrected chi connectivity index (χ0v) is 12.0. The summed E-state index contributed by atoms with van der Waals surface area (Å²) >= 11 is 0. The standard InChI is InChI=1S/C15H26N2O2/c1-2-16-6-7-19-15(10-16)11-17-12-4-3-5-13(17)9-14(18)8-12/h12-13,15H,2-11H2,1H3. The molecule has 0 amide bonds. The third kappa shape index (κ3) is 3.01. The molecule has 3 atom stereocenters. The molecule has 2 bridgehead atoms. The van der Waals surface area contributed by atoms with Crippen LogP contribution in [0.25, 0.3) is 0 Å². The minimum absolute atomic E-state index is 0.338. The van der Waals surface area contributed by atoms with E-state index < -0.39 is 0 Å². The first-order chi connectivity index (χ1) is 9.26. The van der Waals surface area contributed by atoms with Gasteiger partial charge in [0.25, 0.3) is 0 Å². The summed E-state index contributed by atoms with van der Waals surface area (Å²) in [6.45, 7) is 7.35. The fourth-order valence-corrected chi connectivity index (χ4v) is 3.98. The Labute approximate surface area is 116 Å². The van der Waals surface area contributed by atoms with Crippen molar-refractivity contribution in [2.24, 2.45) is 0 Å². The Kier molecular flexibility index (Phi) is 4.20. The van der Waals surface area contributed by atoms with E-state index in [2.05, 4.69) is 16.7 Å². The molecule has 0 aliphatic carbocycles. The Morgan fingerprint density at radius 2 is 2.00 bits per heavy atom. The van der Waals surface area contributed by atoms with E-state index in [1.165, 1.54) is 19.3 Å². The van der Waals surface area contributed by atoms with E-state index in [1.54, 1.807) is 0 Å². The van der Waals surface area contributed by atoms with E-state index in [-0.39, 0.29) is 0 Å². The van der Waals surface area contributed by atoms with Crippen molar-refractivity contribution >= 4 is 5.78 Å². The smallest absolute Gasteiger partial charge is 0.136 e. The molecule has 3 fully saturated rings. The Hall–Kier alpha value is -0.450. The highest BCUT2D eigenvalue weighted by atomic mass is 16.5. The lowest BCUT2D eigenvalue weighted by Gasteiger charge is -2.47. The predicted octanol–water partition coefficient (Wildman–Crippen LogP) is 1.29. The molecule has 108 valence electrons. The molecule has 0 N–H and O–H groups in total. The number of ether oxygens (including phenoxy) is 1.